The number of hydrogen-bond acceptors (Lipinski definition) is 2. The lowest BCUT2D eigenvalue weighted by molar-refractivity contribution is -0.231. The molecule has 2 nitrogen and oxygen atoms in total. The van der Waals surface area contributed by atoms with Crippen molar-refractivity contribution in [1.82, 2.24) is 0 Å². The van der Waals surface area contributed by atoms with Crippen LogP contribution in [0.1, 0.15) is 59.3 Å². The van der Waals surface area contributed by atoms with Crippen LogP contribution in [-0.4, -0.2) is 17.0 Å². The molecule has 2 spiro atoms. The summed E-state index contributed by atoms with van der Waals surface area (Å²) in [6.07, 6.45) is 7.73. The van der Waals surface area contributed by atoms with Crippen LogP contribution in [0.25, 0.3) is 0 Å². The first kappa shape index (κ1) is 14.9. The van der Waals surface area contributed by atoms with Gasteiger partial charge < -0.3 is 5.11 Å². The zero-order chi connectivity index (χ0) is 15.9. The maximum absolute atomic E-state index is 12.8. The van der Waals surface area contributed by atoms with Gasteiger partial charge >= 0.3 is 0 Å². The minimum atomic E-state index is -0.288. The molecule has 0 radical (unpaired) electrons. The number of aliphatic hydroxyl groups excluding tert-OH is 1. The molecule has 0 aliphatic heterocycles. The molecule has 4 saturated carbocycles. The van der Waals surface area contributed by atoms with Crippen LogP contribution in [0, 0.1) is 39.9 Å². The molecular formula is C20H30O2. The van der Waals surface area contributed by atoms with E-state index in [1.54, 1.807) is 0 Å². The van der Waals surface area contributed by atoms with Gasteiger partial charge in [0, 0.05) is 17.8 Å². The molecule has 4 fully saturated rings. The zero-order valence-corrected chi connectivity index (χ0v) is 14.3. The predicted octanol–water partition coefficient (Wildman–Crippen LogP) is 3.98. The first-order valence-electron chi connectivity index (χ1n) is 9.16. The van der Waals surface area contributed by atoms with Gasteiger partial charge in [0.1, 0.15) is 5.78 Å². The molecule has 0 amide bonds. The van der Waals surface area contributed by atoms with Crippen LogP contribution in [0.3, 0.4) is 0 Å². The van der Waals surface area contributed by atoms with Crippen molar-refractivity contribution in [2.24, 2.45) is 39.9 Å². The number of hydrogen-bond donors (Lipinski definition) is 1. The second-order valence-electron chi connectivity index (χ2n) is 9.25. The van der Waals surface area contributed by atoms with E-state index in [1.165, 1.54) is 0 Å². The van der Waals surface area contributed by atoms with Gasteiger partial charge in [-0.3, -0.25) is 4.79 Å². The van der Waals surface area contributed by atoms with Crippen LogP contribution in [0.4, 0.5) is 0 Å². The minimum absolute atomic E-state index is 0.0264. The molecule has 4 aliphatic rings. The number of rotatable bonds is 1. The Bertz CT molecular complexity index is 540. The molecule has 4 rings (SSSR count). The molecule has 6 unspecified atom stereocenters. The van der Waals surface area contributed by atoms with E-state index in [9.17, 15) is 9.90 Å². The van der Waals surface area contributed by atoms with Gasteiger partial charge in [0.05, 0.1) is 6.10 Å². The topological polar surface area (TPSA) is 37.3 Å². The van der Waals surface area contributed by atoms with Gasteiger partial charge in [-0.2, -0.15) is 0 Å². The van der Waals surface area contributed by atoms with Crippen LogP contribution in [0.2, 0.25) is 0 Å². The number of carbonyl (C=O) groups is 1. The Morgan fingerprint density at radius 2 is 2.05 bits per heavy atom. The summed E-state index contributed by atoms with van der Waals surface area (Å²) >= 11 is 0. The van der Waals surface area contributed by atoms with E-state index in [0.29, 0.717) is 17.6 Å². The second kappa shape index (κ2) is 4.26. The Labute approximate surface area is 134 Å². The first-order chi connectivity index (χ1) is 10.3. The molecule has 0 aromatic rings. The van der Waals surface area contributed by atoms with E-state index in [-0.39, 0.29) is 34.2 Å². The molecule has 0 aromatic heterocycles. The first-order valence-corrected chi connectivity index (χ1v) is 9.16. The predicted molar refractivity (Wildman–Crippen MR) is 87.2 cm³/mol. The minimum Gasteiger partial charge on any atom is -0.392 e. The van der Waals surface area contributed by atoms with E-state index in [1.807, 2.05) is 6.08 Å². The molecule has 22 heavy (non-hydrogen) atoms. The Morgan fingerprint density at radius 3 is 2.73 bits per heavy atom. The summed E-state index contributed by atoms with van der Waals surface area (Å²) in [4.78, 5) is 12.8. The van der Waals surface area contributed by atoms with E-state index >= 15 is 0 Å². The van der Waals surface area contributed by atoms with Crippen LogP contribution in [0.15, 0.2) is 12.7 Å². The fourth-order valence-corrected chi connectivity index (χ4v) is 7.61. The maximum atomic E-state index is 12.8. The van der Waals surface area contributed by atoms with E-state index in [0.717, 1.165) is 38.5 Å². The van der Waals surface area contributed by atoms with Crippen LogP contribution in [0.5, 0.6) is 0 Å². The summed E-state index contributed by atoms with van der Waals surface area (Å²) in [6.45, 7) is 11.0. The Balaban J connectivity index is 1.84. The van der Waals surface area contributed by atoms with Crippen LogP contribution >= 0.6 is 0 Å². The van der Waals surface area contributed by atoms with Crippen molar-refractivity contribution in [1.29, 1.82) is 0 Å². The standard InChI is InChI=1S/C20H30O2/c1-5-14-6-8-18(4)12(2)10-20-11-19(17(18)20,9-7-15(20)21)13(3)16(14)22/h5,12-14,16-17,22H,1,6-11H2,2-4H3/t12?,13-,14?,16?,17?,18+,19?,20?/m0/s1. The van der Waals surface area contributed by atoms with Crippen molar-refractivity contribution in [3.8, 4) is 0 Å². The smallest absolute Gasteiger partial charge is 0.139 e. The molecule has 2 bridgehead atoms. The van der Waals surface area contributed by atoms with Gasteiger partial charge in [0.25, 0.3) is 0 Å². The Morgan fingerprint density at radius 1 is 1.32 bits per heavy atom. The highest BCUT2D eigenvalue weighted by Gasteiger charge is 2.79. The SMILES string of the molecule is C=CC1CC[C@]2(C)C(C)CC34CC(CCC3=O)(C42)[C@@H](C)C1O. The van der Waals surface area contributed by atoms with Crippen LogP contribution < -0.4 is 0 Å². The largest absolute Gasteiger partial charge is 0.392 e. The van der Waals surface area contributed by atoms with Crippen molar-refractivity contribution in [3.05, 3.63) is 12.7 Å². The third-order valence-corrected chi connectivity index (χ3v) is 8.78. The normalized spacial score (nSPS) is 60.0. The molecule has 122 valence electrons. The van der Waals surface area contributed by atoms with Gasteiger partial charge in [-0.05, 0) is 60.7 Å². The quantitative estimate of drug-likeness (QED) is 0.744. The van der Waals surface area contributed by atoms with Gasteiger partial charge in [-0.25, -0.2) is 0 Å². The molecule has 2 heteroatoms. The van der Waals surface area contributed by atoms with E-state index in [4.69, 9.17) is 0 Å². The van der Waals surface area contributed by atoms with Crippen molar-refractivity contribution in [2.45, 2.75) is 65.4 Å². The molecule has 0 saturated heterocycles. The van der Waals surface area contributed by atoms with Gasteiger partial charge in [-0.1, -0.05) is 26.8 Å². The molecule has 8 atom stereocenters. The highest BCUT2D eigenvalue weighted by molar-refractivity contribution is 5.89. The molecule has 4 aliphatic carbocycles. The number of aliphatic hydroxyl groups is 1. The van der Waals surface area contributed by atoms with Crippen molar-refractivity contribution in [2.75, 3.05) is 0 Å². The summed E-state index contributed by atoms with van der Waals surface area (Å²) in [6, 6.07) is 0. The highest BCUT2D eigenvalue weighted by Crippen LogP contribution is 2.82. The average molecular weight is 302 g/mol. The number of carbonyl (C=O) groups excluding carboxylic acids is 1. The molecule has 1 N–H and O–H groups in total. The van der Waals surface area contributed by atoms with Gasteiger partial charge in [0.2, 0.25) is 0 Å². The summed E-state index contributed by atoms with van der Waals surface area (Å²) in [5.74, 6) is 2.17. The zero-order valence-electron chi connectivity index (χ0n) is 14.3. The Kier molecular flexibility index (Phi) is 2.89. The lowest BCUT2D eigenvalue weighted by Crippen LogP contribution is -2.69. The summed E-state index contributed by atoms with van der Waals surface area (Å²) in [5.41, 5.74) is 0.444. The van der Waals surface area contributed by atoms with E-state index in [2.05, 4.69) is 27.4 Å². The fourth-order valence-electron chi connectivity index (χ4n) is 7.61. The maximum Gasteiger partial charge on any atom is 0.139 e. The van der Waals surface area contributed by atoms with Crippen molar-refractivity contribution < 1.29 is 9.90 Å². The lowest BCUT2D eigenvalue weighted by atomic mass is 9.33. The summed E-state index contributed by atoms with van der Waals surface area (Å²) < 4.78 is 0. The molecule has 0 aromatic carbocycles. The Hall–Kier alpha value is -0.630. The third kappa shape index (κ3) is 1.40. The van der Waals surface area contributed by atoms with E-state index < -0.39 is 0 Å². The number of ketones is 1. The van der Waals surface area contributed by atoms with Gasteiger partial charge in [0.15, 0.2) is 0 Å². The lowest BCUT2D eigenvalue weighted by Gasteiger charge is -2.70. The van der Waals surface area contributed by atoms with Crippen molar-refractivity contribution >= 4 is 5.78 Å². The number of Topliss-reactive ketones (excluding diaryl/α,β-unsaturated/α-hetero) is 1. The highest BCUT2D eigenvalue weighted by atomic mass is 16.3. The summed E-state index contributed by atoms with van der Waals surface area (Å²) in [7, 11) is 0. The third-order valence-electron chi connectivity index (χ3n) is 8.78. The second-order valence-corrected chi connectivity index (χ2v) is 9.25. The fraction of sp³-hybridized carbons (Fsp3) is 0.850. The molecular weight excluding hydrogens is 272 g/mol. The average Bonchev–Trinajstić information content (AvgIpc) is 2.64. The van der Waals surface area contributed by atoms with Gasteiger partial charge in [-0.15, -0.1) is 6.58 Å². The van der Waals surface area contributed by atoms with Crippen molar-refractivity contribution in [3.63, 3.8) is 0 Å². The molecule has 0 heterocycles. The monoisotopic (exact) mass is 302 g/mol. The van der Waals surface area contributed by atoms with Crippen LogP contribution in [-0.2, 0) is 4.79 Å². The summed E-state index contributed by atoms with van der Waals surface area (Å²) in [5, 5.41) is 10.9.